The Morgan fingerprint density at radius 2 is 1.74 bits per heavy atom. The van der Waals surface area contributed by atoms with Crippen molar-refractivity contribution in [2.24, 2.45) is 5.41 Å². The van der Waals surface area contributed by atoms with Gasteiger partial charge < -0.3 is 14.9 Å². The molecule has 1 heterocycles. The average Bonchev–Trinajstić information content (AvgIpc) is 2.85. The van der Waals surface area contributed by atoms with Crippen LogP contribution in [0.1, 0.15) is 58.6 Å². The fraction of sp³-hybridized carbons (Fsp3) is 0.545. The van der Waals surface area contributed by atoms with Gasteiger partial charge in [0.05, 0.1) is 11.6 Å². The van der Waals surface area contributed by atoms with Gasteiger partial charge in [0.15, 0.2) is 11.5 Å². The van der Waals surface area contributed by atoms with Crippen molar-refractivity contribution in [1.82, 2.24) is 4.90 Å². The van der Waals surface area contributed by atoms with E-state index in [0.29, 0.717) is 6.54 Å². The van der Waals surface area contributed by atoms with Gasteiger partial charge >= 0.3 is 0 Å². The van der Waals surface area contributed by atoms with Crippen molar-refractivity contribution < 1.29 is 14.7 Å². The third kappa shape index (κ3) is 4.34. The van der Waals surface area contributed by atoms with Crippen LogP contribution in [0.3, 0.4) is 0 Å². The van der Waals surface area contributed by atoms with Crippen LogP contribution in [-0.2, 0) is 9.59 Å². The number of hydrogen-bond donors (Lipinski definition) is 1. The molecule has 5 heteroatoms. The number of amides is 1. The van der Waals surface area contributed by atoms with E-state index in [1.807, 2.05) is 64.0 Å². The van der Waals surface area contributed by atoms with E-state index in [4.69, 9.17) is 0 Å². The molecule has 1 atom stereocenters. The van der Waals surface area contributed by atoms with E-state index in [9.17, 15) is 14.7 Å². The van der Waals surface area contributed by atoms with Gasteiger partial charge in [0, 0.05) is 31.7 Å². The predicted octanol–water partition coefficient (Wildman–Crippen LogP) is 4.25. The fourth-order valence-electron chi connectivity index (χ4n) is 3.35. The Kier molecular flexibility index (Phi) is 6.34. The number of unbranched alkanes of at least 4 members (excludes halogenated alkanes) is 2. The van der Waals surface area contributed by atoms with E-state index in [0.717, 1.165) is 30.5 Å². The number of ketones is 1. The molecule has 0 fully saturated rings. The van der Waals surface area contributed by atoms with Crippen LogP contribution in [0, 0.1) is 5.41 Å². The molecule has 1 N–H and O–H groups in total. The van der Waals surface area contributed by atoms with E-state index >= 15 is 0 Å². The van der Waals surface area contributed by atoms with Gasteiger partial charge in [-0.1, -0.05) is 52.7 Å². The molecule has 0 radical (unpaired) electrons. The number of aliphatic hydroxyl groups excluding tert-OH is 1. The summed E-state index contributed by atoms with van der Waals surface area (Å²) in [6, 6.07) is 7.29. The number of aliphatic hydroxyl groups is 1. The van der Waals surface area contributed by atoms with Crippen molar-refractivity contribution in [2.75, 3.05) is 25.5 Å². The number of Topliss-reactive ketones (excluding diaryl/α,β-unsaturated/α-hetero) is 1. The summed E-state index contributed by atoms with van der Waals surface area (Å²) in [6.07, 6.45) is 2.88. The monoisotopic (exact) mass is 372 g/mol. The van der Waals surface area contributed by atoms with E-state index in [1.165, 1.54) is 0 Å². The first-order chi connectivity index (χ1) is 12.6. The molecule has 0 aromatic heterocycles. The van der Waals surface area contributed by atoms with Gasteiger partial charge in [-0.15, -0.1) is 0 Å². The second-order valence-electron chi connectivity index (χ2n) is 8.44. The summed E-state index contributed by atoms with van der Waals surface area (Å²) in [7, 11) is 3.93. The third-order valence-corrected chi connectivity index (χ3v) is 4.96. The minimum absolute atomic E-state index is 0.187. The maximum absolute atomic E-state index is 13.1. The highest BCUT2D eigenvalue weighted by molar-refractivity contribution is 6.10. The Morgan fingerprint density at radius 1 is 1.15 bits per heavy atom. The van der Waals surface area contributed by atoms with Gasteiger partial charge in [0.1, 0.15) is 0 Å². The van der Waals surface area contributed by atoms with E-state index in [-0.39, 0.29) is 11.4 Å². The molecular formula is C22H32N2O3. The smallest absolute Gasteiger partial charge is 0.290 e. The number of carbonyl (C=O) groups is 2. The van der Waals surface area contributed by atoms with Crippen molar-refractivity contribution in [3.63, 3.8) is 0 Å². The Bertz CT molecular complexity index is 727. The van der Waals surface area contributed by atoms with Crippen LogP contribution in [0.15, 0.2) is 35.6 Å². The molecule has 1 aromatic carbocycles. The summed E-state index contributed by atoms with van der Waals surface area (Å²) >= 11 is 0. The highest BCUT2D eigenvalue weighted by Crippen LogP contribution is 2.41. The molecule has 0 spiro atoms. The second kappa shape index (κ2) is 8.15. The molecule has 5 nitrogen and oxygen atoms in total. The SMILES string of the molecule is CCCCCN1C(=O)C(O)=C(C(=O)C(C)(C)C)C1c1ccc(N(C)C)cc1. The van der Waals surface area contributed by atoms with Gasteiger partial charge in [-0.25, -0.2) is 0 Å². The molecule has 1 aliphatic heterocycles. The van der Waals surface area contributed by atoms with Crippen molar-refractivity contribution in [1.29, 1.82) is 0 Å². The third-order valence-electron chi connectivity index (χ3n) is 4.96. The van der Waals surface area contributed by atoms with Crippen LogP contribution in [0.4, 0.5) is 5.69 Å². The van der Waals surface area contributed by atoms with Crippen molar-refractivity contribution >= 4 is 17.4 Å². The summed E-state index contributed by atoms with van der Waals surface area (Å²) < 4.78 is 0. The standard InChI is InChI=1S/C22H32N2O3/c1-7-8-9-14-24-18(15-10-12-16(13-11-15)23(5)6)17(19(25)21(24)27)20(26)22(2,3)4/h10-13,18,25H,7-9,14H2,1-6H3. The molecule has 0 saturated heterocycles. The van der Waals surface area contributed by atoms with Crippen molar-refractivity contribution in [2.45, 2.75) is 53.0 Å². The molecule has 2 rings (SSSR count). The number of carbonyl (C=O) groups excluding carboxylic acids is 2. The molecule has 0 saturated carbocycles. The van der Waals surface area contributed by atoms with E-state index in [2.05, 4.69) is 6.92 Å². The van der Waals surface area contributed by atoms with E-state index in [1.54, 1.807) is 4.90 Å². The lowest BCUT2D eigenvalue weighted by Crippen LogP contribution is -2.33. The topological polar surface area (TPSA) is 60.9 Å². The fourth-order valence-corrected chi connectivity index (χ4v) is 3.35. The van der Waals surface area contributed by atoms with Gasteiger partial charge in [0.25, 0.3) is 5.91 Å². The molecular weight excluding hydrogens is 340 g/mol. The van der Waals surface area contributed by atoms with Crippen molar-refractivity contribution in [3.05, 3.63) is 41.2 Å². The first-order valence-corrected chi connectivity index (χ1v) is 9.65. The minimum atomic E-state index is -0.676. The molecule has 1 aromatic rings. The molecule has 0 bridgehead atoms. The zero-order chi connectivity index (χ0) is 20.4. The number of hydrogen-bond acceptors (Lipinski definition) is 4. The number of benzene rings is 1. The molecule has 148 valence electrons. The van der Waals surface area contributed by atoms with Gasteiger partial charge in [0.2, 0.25) is 0 Å². The van der Waals surface area contributed by atoms with Crippen LogP contribution in [0.5, 0.6) is 0 Å². The van der Waals surface area contributed by atoms with Crippen LogP contribution >= 0.6 is 0 Å². The van der Waals surface area contributed by atoms with Crippen LogP contribution in [-0.4, -0.2) is 42.3 Å². The molecule has 1 unspecified atom stereocenters. The number of anilines is 1. The Hall–Kier alpha value is -2.30. The average molecular weight is 373 g/mol. The molecule has 0 aliphatic carbocycles. The first-order valence-electron chi connectivity index (χ1n) is 9.65. The predicted molar refractivity (Wildman–Crippen MR) is 109 cm³/mol. The zero-order valence-corrected chi connectivity index (χ0v) is 17.4. The van der Waals surface area contributed by atoms with E-state index < -0.39 is 23.1 Å². The van der Waals surface area contributed by atoms with Crippen LogP contribution < -0.4 is 4.90 Å². The largest absolute Gasteiger partial charge is 0.503 e. The van der Waals surface area contributed by atoms with Gasteiger partial charge in [-0.2, -0.15) is 0 Å². The second-order valence-corrected chi connectivity index (χ2v) is 8.44. The zero-order valence-electron chi connectivity index (χ0n) is 17.4. The lowest BCUT2D eigenvalue weighted by molar-refractivity contribution is -0.129. The maximum atomic E-state index is 13.1. The Morgan fingerprint density at radius 3 is 2.22 bits per heavy atom. The lowest BCUT2D eigenvalue weighted by atomic mass is 9.82. The van der Waals surface area contributed by atoms with Crippen LogP contribution in [0.2, 0.25) is 0 Å². The minimum Gasteiger partial charge on any atom is -0.503 e. The highest BCUT2D eigenvalue weighted by atomic mass is 16.3. The number of rotatable bonds is 7. The van der Waals surface area contributed by atoms with Gasteiger partial charge in [-0.05, 0) is 24.1 Å². The molecule has 27 heavy (non-hydrogen) atoms. The maximum Gasteiger partial charge on any atom is 0.290 e. The lowest BCUT2D eigenvalue weighted by Gasteiger charge is -2.29. The quantitative estimate of drug-likeness (QED) is 0.727. The summed E-state index contributed by atoms with van der Waals surface area (Å²) in [5.41, 5.74) is 1.44. The van der Waals surface area contributed by atoms with Crippen molar-refractivity contribution in [3.8, 4) is 0 Å². The Labute approximate surface area is 162 Å². The summed E-state index contributed by atoms with van der Waals surface area (Å²) in [4.78, 5) is 29.5. The molecule has 1 aliphatic rings. The first kappa shape index (κ1) is 21.0. The Balaban J connectivity index is 2.48. The van der Waals surface area contributed by atoms with Gasteiger partial charge in [-0.3, -0.25) is 9.59 Å². The number of nitrogens with zero attached hydrogens (tertiary/aromatic N) is 2. The summed E-state index contributed by atoms with van der Waals surface area (Å²) in [6.45, 7) is 8.06. The normalized spacial score (nSPS) is 17.6. The van der Waals surface area contributed by atoms with Crippen LogP contribution in [0.25, 0.3) is 0 Å². The highest BCUT2D eigenvalue weighted by Gasteiger charge is 2.45. The summed E-state index contributed by atoms with van der Waals surface area (Å²) in [5.74, 6) is -1.03. The molecule has 1 amide bonds. The summed E-state index contributed by atoms with van der Waals surface area (Å²) in [5, 5.41) is 10.6.